The summed E-state index contributed by atoms with van der Waals surface area (Å²) in [4.78, 5) is 30.8. The fourth-order valence-corrected chi connectivity index (χ4v) is 2.71. The molecule has 1 aliphatic heterocycles. The van der Waals surface area contributed by atoms with E-state index in [1.165, 1.54) is 4.90 Å². The number of carbonyl (C=O) groups excluding carboxylic acids is 2. The summed E-state index contributed by atoms with van der Waals surface area (Å²) >= 11 is 0. The van der Waals surface area contributed by atoms with Gasteiger partial charge in [-0.25, -0.2) is 0 Å². The topological polar surface area (TPSA) is 50.3 Å². The molecule has 0 spiro atoms. The normalized spacial score (nSPS) is 14.5. The number of aryl methyl sites for hydroxylation is 1. The SMILES string of the molecule is Cc1nc2ccccc2c2c1C(=O)N(CC(C)C)C2=O. The molecule has 102 valence electrons. The minimum atomic E-state index is -0.213. The molecule has 4 nitrogen and oxygen atoms in total. The third-order valence-electron chi connectivity index (χ3n) is 3.54. The predicted octanol–water partition coefficient (Wildman–Crippen LogP) is 2.80. The minimum absolute atomic E-state index is 0.194. The Morgan fingerprint density at radius 2 is 1.75 bits per heavy atom. The van der Waals surface area contributed by atoms with Gasteiger partial charge in [-0.15, -0.1) is 0 Å². The van der Waals surface area contributed by atoms with Crippen molar-refractivity contribution in [2.24, 2.45) is 5.92 Å². The lowest BCUT2D eigenvalue weighted by Crippen LogP contribution is -2.33. The molecule has 3 rings (SSSR count). The lowest BCUT2D eigenvalue weighted by molar-refractivity contribution is 0.0636. The van der Waals surface area contributed by atoms with E-state index in [1.54, 1.807) is 6.92 Å². The van der Waals surface area contributed by atoms with E-state index >= 15 is 0 Å². The van der Waals surface area contributed by atoms with Crippen molar-refractivity contribution >= 4 is 22.7 Å². The van der Waals surface area contributed by atoms with Gasteiger partial charge in [-0.05, 0) is 18.9 Å². The molecule has 2 heterocycles. The predicted molar refractivity (Wildman–Crippen MR) is 76.7 cm³/mol. The molecule has 2 aromatic rings. The van der Waals surface area contributed by atoms with E-state index in [1.807, 2.05) is 38.1 Å². The maximum atomic E-state index is 12.6. The molecule has 0 N–H and O–H groups in total. The van der Waals surface area contributed by atoms with Gasteiger partial charge in [0.05, 0.1) is 22.3 Å². The Morgan fingerprint density at radius 1 is 1.10 bits per heavy atom. The van der Waals surface area contributed by atoms with Crippen molar-refractivity contribution in [3.8, 4) is 0 Å². The maximum absolute atomic E-state index is 12.6. The molecular weight excluding hydrogens is 252 g/mol. The fraction of sp³-hybridized carbons (Fsp3) is 0.312. The van der Waals surface area contributed by atoms with Crippen LogP contribution >= 0.6 is 0 Å². The largest absolute Gasteiger partial charge is 0.274 e. The van der Waals surface area contributed by atoms with Gasteiger partial charge in [-0.3, -0.25) is 19.5 Å². The monoisotopic (exact) mass is 268 g/mol. The van der Waals surface area contributed by atoms with Crippen LogP contribution in [0.2, 0.25) is 0 Å². The van der Waals surface area contributed by atoms with Crippen molar-refractivity contribution in [2.45, 2.75) is 20.8 Å². The van der Waals surface area contributed by atoms with Crippen molar-refractivity contribution in [1.29, 1.82) is 0 Å². The van der Waals surface area contributed by atoms with Crippen molar-refractivity contribution in [2.75, 3.05) is 6.54 Å². The molecule has 0 bridgehead atoms. The average Bonchev–Trinajstić information content (AvgIpc) is 2.64. The molecule has 0 saturated carbocycles. The van der Waals surface area contributed by atoms with Crippen LogP contribution in [0.3, 0.4) is 0 Å². The summed E-state index contributed by atoms with van der Waals surface area (Å²) in [6.07, 6.45) is 0. The summed E-state index contributed by atoms with van der Waals surface area (Å²) in [6, 6.07) is 7.47. The Labute approximate surface area is 117 Å². The smallest absolute Gasteiger partial charge is 0.263 e. The third kappa shape index (κ3) is 1.72. The van der Waals surface area contributed by atoms with E-state index in [4.69, 9.17) is 0 Å². The molecular formula is C16H16N2O2. The Kier molecular flexibility index (Phi) is 2.82. The van der Waals surface area contributed by atoms with E-state index in [2.05, 4.69) is 4.98 Å². The lowest BCUT2D eigenvalue weighted by Gasteiger charge is -2.15. The first-order valence-corrected chi connectivity index (χ1v) is 6.76. The Balaban J connectivity index is 2.26. The van der Waals surface area contributed by atoms with E-state index in [0.29, 0.717) is 23.4 Å². The van der Waals surface area contributed by atoms with E-state index in [-0.39, 0.29) is 17.7 Å². The number of amides is 2. The van der Waals surface area contributed by atoms with Crippen LogP contribution in [0.1, 0.15) is 40.3 Å². The summed E-state index contributed by atoms with van der Waals surface area (Å²) in [6.45, 7) is 6.22. The molecule has 1 aliphatic rings. The quantitative estimate of drug-likeness (QED) is 0.787. The van der Waals surface area contributed by atoms with Crippen LogP contribution < -0.4 is 0 Å². The van der Waals surface area contributed by atoms with Crippen molar-refractivity contribution in [1.82, 2.24) is 9.88 Å². The fourth-order valence-electron chi connectivity index (χ4n) is 2.71. The number of hydrogen-bond donors (Lipinski definition) is 0. The molecule has 1 aromatic carbocycles. The average molecular weight is 268 g/mol. The second-order valence-electron chi connectivity index (χ2n) is 5.58. The van der Waals surface area contributed by atoms with Gasteiger partial charge >= 0.3 is 0 Å². The number of rotatable bonds is 2. The molecule has 2 amide bonds. The number of nitrogens with zero attached hydrogens (tertiary/aromatic N) is 2. The van der Waals surface area contributed by atoms with E-state index < -0.39 is 0 Å². The molecule has 4 heteroatoms. The van der Waals surface area contributed by atoms with Crippen LogP contribution in [0.15, 0.2) is 24.3 Å². The molecule has 0 saturated heterocycles. The molecule has 20 heavy (non-hydrogen) atoms. The van der Waals surface area contributed by atoms with Crippen LogP contribution in [-0.4, -0.2) is 28.2 Å². The number of aromatic nitrogens is 1. The number of hydrogen-bond acceptors (Lipinski definition) is 3. The Morgan fingerprint density at radius 3 is 2.45 bits per heavy atom. The van der Waals surface area contributed by atoms with Gasteiger partial charge in [0.15, 0.2) is 0 Å². The van der Waals surface area contributed by atoms with Gasteiger partial charge in [0.25, 0.3) is 11.8 Å². The molecule has 0 radical (unpaired) electrons. The van der Waals surface area contributed by atoms with Crippen LogP contribution in [0.5, 0.6) is 0 Å². The number of imide groups is 1. The highest BCUT2D eigenvalue weighted by molar-refractivity contribution is 6.26. The summed E-state index contributed by atoms with van der Waals surface area (Å²) in [5.74, 6) is -0.161. The molecule has 1 aromatic heterocycles. The first-order valence-electron chi connectivity index (χ1n) is 6.76. The summed E-state index contributed by atoms with van der Waals surface area (Å²) in [7, 11) is 0. The lowest BCUT2D eigenvalue weighted by atomic mass is 10.0. The van der Waals surface area contributed by atoms with Crippen molar-refractivity contribution < 1.29 is 9.59 Å². The molecule has 0 atom stereocenters. The van der Waals surface area contributed by atoms with Crippen molar-refractivity contribution in [3.05, 3.63) is 41.1 Å². The standard InChI is InChI=1S/C16H16N2O2/c1-9(2)8-18-15(19)13-10(3)17-12-7-5-4-6-11(12)14(13)16(18)20/h4-7,9H,8H2,1-3H3. The number of benzene rings is 1. The molecule has 0 fully saturated rings. The van der Waals surface area contributed by atoms with Gasteiger partial charge in [-0.2, -0.15) is 0 Å². The zero-order chi connectivity index (χ0) is 14.4. The van der Waals surface area contributed by atoms with Crippen LogP contribution in [0, 0.1) is 12.8 Å². The van der Waals surface area contributed by atoms with Gasteiger partial charge in [0, 0.05) is 11.9 Å². The van der Waals surface area contributed by atoms with E-state index in [9.17, 15) is 9.59 Å². The van der Waals surface area contributed by atoms with Crippen LogP contribution in [0.25, 0.3) is 10.9 Å². The maximum Gasteiger partial charge on any atom is 0.263 e. The Hall–Kier alpha value is -2.23. The molecule has 0 aliphatic carbocycles. The number of para-hydroxylation sites is 1. The van der Waals surface area contributed by atoms with Gasteiger partial charge < -0.3 is 0 Å². The minimum Gasteiger partial charge on any atom is -0.274 e. The summed E-state index contributed by atoms with van der Waals surface area (Å²) < 4.78 is 0. The van der Waals surface area contributed by atoms with E-state index in [0.717, 1.165) is 10.9 Å². The first kappa shape index (κ1) is 12.8. The second-order valence-corrected chi connectivity index (χ2v) is 5.58. The molecule has 0 unspecified atom stereocenters. The second kappa shape index (κ2) is 4.40. The zero-order valence-corrected chi connectivity index (χ0v) is 11.8. The van der Waals surface area contributed by atoms with Gasteiger partial charge in [-0.1, -0.05) is 32.0 Å². The highest BCUT2D eigenvalue weighted by Gasteiger charge is 2.38. The Bertz CT molecular complexity index is 735. The summed E-state index contributed by atoms with van der Waals surface area (Å²) in [5.41, 5.74) is 2.37. The number of carbonyl (C=O) groups is 2. The number of fused-ring (bicyclic) bond motifs is 3. The zero-order valence-electron chi connectivity index (χ0n) is 11.8. The van der Waals surface area contributed by atoms with Gasteiger partial charge in [0.1, 0.15) is 0 Å². The highest BCUT2D eigenvalue weighted by atomic mass is 16.2. The summed E-state index contributed by atoms with van der Waals surface area (Å²) in [5, 5.41) is 0.762. The number of pyridine rings is 1. The third-order valence-corrected chi connectivity index (χ3v) is 3.54. The van der Waals surface area contributed by atoms with Crippen LogP contribution in [-0.2, 0) is 0 Å². The van der Waals surface area contributed by atoms with Crippen molar-refractivity contribution in [3.63, 3.8) is 0 Å². The highest BCUT2D eigenvalue weighted by Crippen LogP contribution is 2.31. The van der Waals surface area contributed by atoms with Gasteiger partial charge in [0.2, 0.25) is 0 Å². The first-order chi connectivity index (χ1) is 9.50. The van der Waals surface area contributed by atoms with Crippen LogP contribution in [0.4, 0.5) is 0 Å².